The van der Waals surface area contributed by atoms with Gasteiger partial charge in [0.2, 0.25) is 0 Å². The summed E-state index contributed by atoms with van der Waals surface area (Å²) in [6.07, 6.45) is 13.7. The Kier molecular flexibility index (Phi) is 23.5. The minimum atomic E-state index is -4.89. The van der Waals surface area contributed by atoms with Crippen LogP contribution in [-0.4, -0.2) is 32.0 Å². The van der Waals surface area contributed by atoms with Crippen LogP contribution >= 0.6 is 7.82 Å². The first-order valence-electron chi connectivity index (χ1n) is 9.48. The second kappa shape index (κ2) is 19.3. The maximum atomic E-state index is 10.2. The van der Waals surface area contributed by atoms with E-state index in [-0.39, 0.29) is 29.6 Å². The van der Waals surface area contributed by atoms with E-state index in [9.17, 15) is 10.2 Å². The number of phosphoric acid groups is 1. The van der Waals surface area contributed by atoms with Gasteiger partial charge in [-0.05, 0) is 26.2 Å². The molecule has 0 aliphatic rings. The standard InChI is InChI=1S/C17H37NO2.Na.H3O4P/c1-4-6-7-8-9-10-11-12-13-14-15-17(20,5-2)18-16(3)19;;1-5(2,3)4/h16,18-20H,4-15H2,1-3H3;;(H3,1,2,3,4)/q;+1;/p-1. The maximum absolute atomic E-state index is 10.2. The molecule has 7 nitrogen and oxygen atoms in total. The third kappa shape index (κ3) is 29.7. The summed E-state index contributed by atoms with van der Waals surface area (Å²) in [6.45, 7) is 5.86. The van der Waals surface area contributed by atoms with Gasteiger partial charge in [-0.25, -0.2) is 0 Å². The van der Waals surface area contributed by atoms with Gasteiger partial charge >= 0.3 is 29.6 Å². The molecule has 26 heavy (non-hydrogen) atoms. The van der Waals surface area contributed by atoms with Gasteiger partial charge in [-0.1, -0.05) is 71.6 Å². The Morgan fingerprint density at radius 3 is 1.62 bits per heavy atom. The predicted octanol–water partition coefficient (Wildman–Crippen LogP) is -0.233. The molecule has 5 N–H and O–H groups in total. The molecular formula is C17H39NNaO6P. The second-order valence-electron chi connectivity index (χ2n) is 6.63. The van der Waals surface area contributed by atoms with Crippen LogP contribution < -0.4 is 39.8 Å². The van der Waals surface area contributed by atoms with Gasteiger partial charge in [0.25, 0.3) is 7.82 Å². The Balaban J connectivity index is -0.000000772. The van der Waals surface area contributed by atoms with Crippen LogP contribution in [0.5, 0.6) is 0 Å². The molecule has 0 bridgehead atoms. The van der Waals surface area contributed by atoms with Crippen molar-refractivity contribution >= 4 is 7.82 Å². The number of aliphatic hydroxyl groups is 2. The van der Waals surface area contributed by atoms with Crippen molar-refractivity contribution in [3.63, 3.8) is 0 Å². The Labute approximate surface area is 181 Å². The van der Waals surface area contributed by atoms with Gasteiger partial charge < -0.3 is 24.9 Å². The molecule has 0 aromatic rings. The van der Waals surface area contributed by atoms with Crippen molar-refractivity contribution < 1.29 is 59.0 Å². The largest absolute Gasteiger partial charge is 1.00 e. The predicted molar refractivity (Wildman–Crippen MR) is 98.6 cm³/mol. The Hall–Kier alpha value is 0.990. The molecule has 0 aromatic carbocycles. The maximum Gasteiger partial charge on any atom is 1.00 e. The number of rotatable bonds is 14. The van der Waals surface area contributed by atoms with Crippen LogP contribution in [0.4, 0.5) is 0 Å². The fourth-order valence-corrected chi connectivity index (χ4v) is 2.64. The molecule has 0 saturated heterocycles. The average molecular weight is 407 g/mol. The zero-order chi connectivity index (χ0) is 19.8. The number of hydrogen-bond acceptors (Lipinski definition) is 5. The summed E-state index contributed by atoms with van der Waals surface area (Å²) in [4.78, 5) is 22.9. The van der Waals surface area contributed by atoms with Crippen molar-refractivity contribution in [3.05, 3.63) is 0 Å². The molecular weight excluding hydrogens is 368 g/mol. The van der Waals surface area contributed by atoms with Gasteiger partial charge in [-0.2, -0.15) is 0 Å². The van der Waals surface area contributed by atoms with E-state index in [1.807, 2.05) is 6.92 Å². The Morgan fingerprint density at radius 1 is 0.962 bits per heavy atom. The van der Waals surface area contributed by atoms with Crippen molar-refractivity contribution in [3.8, 4) is 0 Å². The second-order valence-corrected chi connectivity index (χ2v) is 7.61. The third-order valence-corrected chi connectivity index (χ3v) is 4.01. The van der Waals surface area contributed by atoms with E-state index in [2.05, 4.69) is 12.2 Å². The monoisotopic (exact) mass is 407 g/mol. The van der Waals surface area contributed by atoms with E-state index in [4.69, 9.17) is 19.2 Å². The molecule has 0 rings (SSSR count). The SMILES string of the molecule is CCCCCCCCCCCCC(O)(CC)NC(C)O.O=P([O-])(O)O.[Na+]. The van der Waals surface area contributed by atoms with Crippen LogP contribution in [0, 0.1) is 0 Å². The van der Waals surface area contributed by atoms with Gasteiger partial charge in [0.1, 0.15) is 12.0 Å². The zero-order valence-electron chi connectivity index (χ0n) is 17.1. The van der Waals surface area contributed by atoms with Gasteiger partial charge in [0.15, 0.2) is 0 Å². The molecule has 0 fully saturated rings. The molecule has 9 heteroatoms. The Morgan fingerprint density at radius 2 is 1.31 bits per heavy atom. The topological polar surface area (TPSA) is 133 Å². The van der Waals surface area contributed by atoms with Gasteiger partial charge in [-0.3, -0.25) is 9.88 Å². The van der Waals surface area contributed by atoms with E-state index in [1.54, 1.807) is 6.92 Å². The molecule has 0 amide bonds. The van der Waals surface area contributed by atoms with Crippen molar-refractivity contribution in [1.82, 2.24) is 5.32 Å². The number of hydrogen-bond donors (Lipinski definition) is 5. The first-order chi connectivity index (χ1) is 11.5. The molecule has 0 spiro atoms. The van der Waals surface area contributed by atoms with E-state index in [0.717, 1.165) is 12.8 Å². The summed E-state index contributed by atoms with van der Waals surface area (Å²) >= 11 is 0. The number of unbranched alkanes of at least 4 members (excludes halogenated alkanes) is 9. The summed E-state index contributed by atoms with van der Waals surface area (Å²) in [5, 5.41) is 22.4. The number of aliphatic hydroxyl groups excluding tert-OH is 1. The number of nitrogens with one attached hydrogen (secondary N) is 1. The van der Waals surface area contributed by atoms with Crippen LogP contribution in [0.3, 0.4) is 0 Å². The van der Waals surface area contributed by atoms with Crippen LogP contribution in [0.25, 0.3) is 0 Å². The molecule has 154 valence electrons. The smallest absolute Gasteiger partial charge is 0.756 e. The summed E-state index contributed by atoms with van der Waals surface area (Å²) in [5.41, 5.74) is -0.895. The van der Waals surface area contributed by atoms with E-state index in [1.165, 1.54) is 57.8 Å². The minimum Gasteiger partial charge on any atom is -0.756 e. The van der Waals surface area contributed by atoms with E-state index in [0.29, 0.717) is 6.42 Å². The molecule has 0 aromatic heterocycles. The summed E-state index contributed by atoms with van der Waals surface area (Å²) < 4.78 is 8.77. The van der Waals surface area contributed by atoms with Crippen molar-refractivity contribution in [2.45, 2.75) is 110 Å². The third-order valence-electron chi connectivity index (χ3n) is 4.01. The van der Waals surface area contributed by atoms with Crippen LogP contribution in [-0.2, 0) is 4.57 Å². The Bertz CT molecular complexity index is 335. The van der Waals surface area contributed by atoms with E-state index >= 15 is 0 Å². The summed E-state index contributed by atoms with van der Waals surface area (Å²) in [5.74, 6) is 0. The fraction of sp³-hybridized carbons (Fsp3) is 1.00. The molecule has 0 saturated carbocycles. The molecule has 0 radical (unpaired) electrons. The zero-order valence-corrected chi connectivity index (χ0v) is 20.0. The van der Waals surface area contributed by atoms with Crippen LogP contribution in [0.2, 0.25) is 0 Å². The normalized spacial score (nSPS) is 14.6. The molecule has 0 aliphatic carbocycles. The molecule has 0 heterocycles. The van der Waals surface area contributed by atoms with Crippen LogP contribution in [0.15, 0.2) is 0 Å². The van der Waals surface area contributed by atoms with Gasteiger partial charge in [0, 0.05) is 0 Å². The fourth-order valence-electron chi connectivity index (χ4n) is 2.64. The summed E-state index contributed by atoms with van der Waals surface area (Å²) in [7, 11) is -4.89. The van der Waals surface area contributed by atoms with Crippen molar-refractivity contribution in [1.29, 1.82) is 0 Å². The molecule has 2 unspecified atom stereocenters. The van der Waals surface area contributed by atoms with Crippen molar-refractivity contribution in [2.24, 2.45) is 0 Å². The van der Waals surface area contributed by atoms with E-state index < -0.39 is 19.8 Å². The minimum absolute atomic E-state index is 0. The molecule has 2 atom stereocenters. The average Bonchev–Trinajstić information content (AvgIpc) is 2.47. The van der Waals surface area contributed by atoms with Gasteiger partial charge in [-0.15, -0.1) is 0 Å². The summed E-state index contributed by atoms with van der Waals surface area (Å²) in [6, 6.07) is 0. The molecule has 0 aliphatic heterocycles. The van der Waals surface area contributed by atoms with Crippen LogP contribution in [0.1, 0.15) is 97.8 Å². The first-order valence-corrected chi connectivity index (χ1v) is 11.0. The van der Waals surface area contributed by atoms with Gasteiger partial charge in [0.05, 0.1) is 0 Å². The van der Waals surface area contributed by atoms with Crippen molar-refractivity contribution in [2.75, 3.05) is 0 Å². The quantitative estimate of drug-likeness (QED) is 0.116. The first kappa shape index (κ1) is 31.7.